The maximum Gasteiger partial charge on any atom is 0.392 e. The molecule has 2 unspecified atom stereocenters. The lowest BCUT2D eigenvalue weighted by atomic mass is 9.58. The molecule has 0 amide bonds. The maximum absolute atomic E-state index is 13.0. The average Bonchev–Trinajstić information content (AvgIpc) is 2.23. The lowest BCUT2D eigenvalue weighted by molar-refractivity contribution is -0.239. The predicted molar refractivity (Wildman–Crippen MR) is 59.1 cm³/mol. The molecule has 0 radical (unpaired) electrons. The molecule has 0 aromatic heterocycles. The average molecular weight is 265 g/mol. The van der Waals surface area contributed by atoms with Crippen molar-refractivity contribution < 1.29 is 23.1 Å². The lowest BCUT2D eigenvalue weighted by Gasteiger charge is -2.54. The summed E-state index contributed by atoms with van der Waals surface area (Å²) in [5.41, 5.74) is -0.722. The largest absolute Gasteiger partial charge is 0.480 e. The van der Waals surface area contributed by atoms with E-state index in [0.29, 0.717) is 12.8 Å². The Labute approximate surface area is 104 Å². The first-order valence-corrected chi connectivity index (χ1v) is 6.30. The molecule has 1 saturated heterocycles. The van der Waals surface area contributed by atoms with Gasteiger partial charge in [-0.15, -0.1) is 0 Å². The van der Waals surface area contributed by atoms with Gasteiger partial charge < -0.3 is 5.11 Å². The molecule has 0 bridgehead atoms. The number of alkyl halides is 3. The summed E-state index contributed by atoms with van der Waals surface area (Å²) in [6.45, 7) is 2.03. The number of halogens is 3. The highest BCUT2D eigenvalue weighted by atomic mass is 19.4. The predicted octanol–water partition coefficient (Wildman–Crippen LogP) is 2.51. The Balaban J connectivity index is 2.13. The lowest BCUT2D eigenvalue weighted by Crippen LogP contribution is -2.59. The van der Waals surface area contributed by atoms with Crippen molar-refractivity contribution in [2.45, 2.75) is 44.8 Å². The number of carboxylic acids is 1. The van der Waals surface area contributed by atoms with Gasteiger partial charge in [0.25, 0.3) is 0 Å². The number of nitrogens with zero attached hydrogens (tertiary/aromatic N) is 1. The van der Waals surface area contributed by atoms with Crippen molar-refractivity contribution in [2.24, 2.45) is 11.3 Å². The fourth-order valence-electron chi connectivity index (χ4n) is 3.33. The highest BCUT2D eigenvalue weighted by Gasteiger charge is 2.58. The first kappa shape index (κ1) is 13.6. The third-order valence-electron chi connectivity index (χ3n) is 4.61. The number of carbonyl (C=O) groups is 1. The number of likely N-dealkylation sites (tertiary alicyclic amines) is 1. The third kappa shape index (κ3) is 2.22. The first-order valence-electron chi connectivity index (χ1n) is 6.30. The zero-order valence-electron chi connectivity index (χ0n) is 10.3. The van der Waals surface area contributed by atoms with Crippen molar-refractivity contribution in [1.29, 1.82) is 0 Å². The normalized spacial score (nSPS) is 29.9. The summed E-state index contributed by atoms with van der Waals surface area (Å²) < 4.78 is 39.0. The van der Waals surface area contributed by atoms with Crippen molar-refractivity contribution >= 4 is 5.97 Å². The van der Waals surface area contributed by atoms with Gasteiger partial charge in [-0.2, -0.15) is 13.2 Å². The van der Waals surface area contributed by atoms with Gasteiger partial charge in [0.1, 0.15) is 6.04 Å². The quantitative estimate of drug-likeness (QED) is 0.834. The standard InChI is InChI=1S/C12H18F3NO2/c1-8(10(17)18)16-6-3-9(12(13,14)15)11(7-16)4-2-5-11/h8-9H,2-7H2,1H3,(H,17,18). The molecular weight excluding hydrogens is 247 g/mol. The molecule has 2 fully saturated rings. The van der Waals surface area contributed by atoms with Crippen LogP contribution in [0.1, 0.15) is 32.6 Å². The molecule has 1 aliphatic carbocycles. The summed E-state index contributed by atoms with van der Waals surface area (Å²) in [7, 11) is 0. The summed E-state index contributed by atoms with van der Waals surface area (Å²) in [6, 6.07) is -0.698. The molecule has 1 spiro atoms. The van der Waals surface area contributed by atoms with Crippen LogP contribution >= 0.6 is 0 Å². The minimum atomic E-state index is -4.15. The number of aliphatic carboxylic acids is 1. The van der Waals surface area contributed by atoms with Crippen LogP contribution in [0.2, 0.25) is 0 Å². The van der Waals surface area contributed by atoms with Crippen LogP contribution in [-0.2, 0) is 4.79 Å². The molecule has 1 aliphatic heterocycles. The number of hydrogen-bond acceptors (Lipinski definition) is 2. The van der Waals surface area contributed by atoms with E-state index in [4.69, 9.17) is 5.11 Å². The Hall–Kier alpha value is -0.780. The van der Waals surface area contributed by atoms with Crippen LogP contribution < -0.4 is 0 Å². The van der Waals surface area contributed by atoms with Crippen LogP contribution in [0, 0.1) is 11.3 Å². The SMILES string of the molecule is CC(C(=O)O)N1CCC(C(F)(F)F)C2(CCC2)C1. The van der Waals surface area contributed by atoms with Crippen molar-refractivity contribution in [3.63, 3.8) is 0 Å². The molecule has 1 N–H and O–H groups in total. The van der Waals surface area contributed by atoms with Gasteiger partial charge in [-0.1, -0.05) is 6.42 Å². The molecule has 1 heterocycles. The number of hydrogen-bond donors (Lipinski definition) is 1. The molecule has 0 aromatic carbocycles. The fraction of sp³-hybridized carbons (Fsp3) is 0.917. The van der Waals surface area contributed by atoms with Gasteiger partial charge in [0, 0.05) is 6.54 Å². The zero-order valence-corrected chi connectivity index (χ0v) is 10.3. The van der Waals surface area contributed by atoms with E-state index in [2.05, 4.69) is 0 Å². The van der Waals surface area contributed by atoms with Gasteiger partial charge in [-0.05, 0) is 38.1 Å². The van der Waals surface area contributed by atoms with Crippen LogP contribution in [-0.4, -0.2) is 41.3 Å². The summed E-state index contributed by atoms with van der Waals surface area (Å²) >= 11 is 0. The maximum atomic E-state index is 13.0. The Morgan fingerprint density at radius 2 is 2.06 bits per heavy atom. The minimum absolute atomic E-state index is 0.0289. The Kier molecular flexibility index (Phi) is 3.34. The molecule has 6 heteroatoms. The van der Waals surface area contributed by atoms with Gasteiger partial charge in [-0.25, -0.2) is 0 Å². The van der Waals surface area contributed by atoms with E-state index in [1.54, 1.807) is 11.8 Å². The van der Waals surface area contributed by atoms with E-state index in [-0.39, 0.29) is 19.5 Å². The molecule has 2 aliphatic rings. The second kappa shape index (κ2) is 4.40. The smallest absolute Gasteiger partial charge is 0.392 e. The van der Waals surface area contributed by atoms with Crippen LogP contribution in [0.5, 0.6) is 0 Å². The van der Waals surface area contributed by atoms with Gasteiger partial charge in [0.05, 0.1) is 5.92 Å². The van der Waals surface area contributed by atoms with E-state index in [1.165, 1.54) is 0 Å². The third-order valence-corrected chi connectivity index (χ3v) is 4.61. The topological polar surface area (TPSA) is 40.5 Å². The van der Waals surface area contributed by atoms with E-state index in [1.807, 2.05) is 0 Å². The van der Waals surface area contributed by atoms with Crippen molar-refractivity contribution in [3.05, 3.63) is 0 Å². The number of rotatable bonds is 2. The summed E-state index contributed by atoms with van der Waals surface area (Å²) in [5, 5.41) is 8.96. The van der Waals surface area contributed by atoms with Crippen molar-refractivity contribution in [1.82, 2.24) is 4.90 Å². The monoisotopic (exact) mass is 265 g/mol. The molecule has 104 valence electrons. The van der Waals surface area contributed by atoms with E-state index < -0.39 is 29.5 Å². The Morgan fingerprint density at radius 3 is 2.44 bits per heavy atom. The highest BCUT2D eigenvalue weighted by Crippen LogP contribution is 2.56. The van der Waals surface area contributed by atoms with E-state index in [9.17, 15) is 18.0 Å². The van der Waals surface area contributed by atoms with Gasteiger partial charge in [0.15, 0.2) is 0 Å². The molecule has 2 atom stereocenters. The number of carboxylic acid groups (broad SMARTS) is 1. The van der Waals surface area contributed by atoms with Gasteiger partial charge >= 0.3 is 12.1 Å². The zero-order chi connectivity index (χ0) is 13.6. The molecular formula is C12H18F3NO2. The molecule has 1 saturated carbocycles. The van der Waals surface area contributed by atoms with Crippen LogP contribution in [0.25, 0.3) is 0 Å². The number of piperidine rings is 1. The van der Waals surface area contributed by atoms with Gasteiger partial charge in [0.2, 0.25) is 0 Å². The van der Waals surface area contributed by atoms with Crippen molar-refractivity contribution in [3.8, 4) is 0 Å². The summed E-state index contributed by atoms with van der Waals surface area (Å²) in [4.78, 5) is 12.6. The highest BCUT2D eigenvalue weighted by molar-refractivity contribution is 5.72. The first-order chi connectivity index (χ1) is 8.26. The minimum Gasteiger partial charge on any atom is -0.480 e. The Bertz CT molecular complexity index is 339. The van der Waals surface area contributed by atoms with E-state index >= 15 is 0 Å². The molecule has 0 aromatic rings. The second-order valence-electron chi connectivity index (χ2n) is 5.58. The van der Waals surface area contributed by atoms with E-state index in [0.717, 1.165) is 6.42 Å². The van der Waals surface area contributed by atoms with Crippen LogP contribution in [0.3, 0.4) is 0 Å². The fourth-order valence-corrected chi connectivity index (χ4v) is 3.33. The molecule has 3 nitrogen and oxygen atoms in total. The summed E-state index contributed by atoms with van der Waals surface area (Å²) in [5.74, 6) is -2.22. The molecule has 18 heavy (non-hydrogen) atoms. The Morgan fingerprint density at radius 1 is 1.44 bits per heavy atom. The van der Waals surface area contributed by atoms with Gasteiger partial charge in [-0.3, -0.25) is 9.69 Å². The van der Waals surface area contributed by atoms with Crippen molar-refractivity contribution in [2.75, 3.05) is 13.1 Å². The molecule has 2 rings (SSSR count). The van der Waals surface area contributed by atoms with Crippen LogP contribution in [0.4, 0.5) is 13.2 Å². The summed E-state index contributed by atoms with van der Waals surface area (Å²) in [6.07, 6.45) is -2.16. The van der Waals surface area contributed by atoms with Crippen LogP contribution in [0.15, 0.2) is 0 Å². The second-order valence-corrected chi connectivity index (χ2v) is 5.58.